The van der Waals surface area contributed by atoms with Crippen LogP contribution >= 0.6 is 31.9 Å². The highest BCUT2D eigenvalue weighted by Gasteiger charge is 2.59. The van der Waals surface area contributed by atoms with E-state index < -0.39 is 0 Å². The summed E-state index contributed by atoms with van der Waals surface area (Å²) in [7, 11) is 0. The maximum Gasteiger partial charge on any atom is 0.254 e. The first-order valence-corrected chi connectivity index (χ1v) is 11.4. The van der Waals surface area contributed by atoms with Crippen molar-refractivity contribution in [3.63, 3.8) is 0 Å². The lowest BCUT2D eigenvalue weighted by molar-refractivity contribution is -0.140. The smallest absolute Gasteiger partial charge is 0.254 e. The largest absolute Gasteiger partial charge is 0.487 e. The van der Waals surface area contributed by atoms with Gasteiger partial charge >= 0.3 is 0 Å². The molecule has 7 heteroatoms. The highest BCUT2D eigenvalue weighted by Crippen LogP contribution is 2.52. The lowest BCUT2D eigenvalue weighted by Gasteiger charge is -2.13. The molecule has 1 heterocycles. The maximum atomic E-state index is 12.7. The van der Waals surface area contributed by atoms with Crippen molar-refractivity contribution in [2.45, 2.75) is 13.0 Å². The summed E-state index contributed by atoms with van der Waals surface area (Å²) < 4.78 is 7.45. The summed E-state index contributed by atoms with van der Waals surface area (Å²) in [5.74, 6) is 0.204. The Hall–Kier alpha value is -2.25. The zero-order valence-electron chi connectivity index (χ0n) is 15.9. The van der Waals surface area contributed by atoms with Crippen molar-refractivity contribution in [3.8, 4) is 5.75 Å². The number of halogens is 2. The van der Waals surface area contributed by atoms with E-state index >= 15 is 0 Å². The number of allylic oxidation sites excluding steroid dienone is 2. The number of hydrogen-bond donors (Lipinski definition) is 0. The molecule has 2 fully saturated rings. The molecular formula is C23H18Br2N2O3. The van der Waals surface area contributed by atoms with Gasteiger partial charge in [-0.15, -0.1) is 0 Å². The number of amides is 2. The fourth-order valence-corrected chi connectivity index (χ4v) is 6.10. The molecule has 2 aromatic carbocycles. The quantitative estimate of drug-likeness (QED) is 0.313. The van der Waals surface area contributed by atoms with E-state index in [1.54, 1.807) is 6.21 Å². The molecule has 0 radical (unpaired) electrons. The summed E-state index contributed by atoms with van der Waals surface area (Å²) in [6.45, 7) is 0.446. The molecule has 5 nitrogen and oxygen atoms in total. The van der Waals surface area contributed by atoms with Crippen LogP contribution in [0.25, 0.3) is 0 Å². The van der Waals surface area contributed by atoms with Crippen LogP contribution in [0.2, 0.25) is 0 Å². The molecule has 0 spiro atoms. The van der Waals surface area contributed by atoms with Crippen molar-refractivity contribution in [3.05, 3.63) is 74.7 Å². The summed E-state index contributed by atoms with van der Waals surface area (Å²) in [6.07, 6.45) is 6.61. The number of imide groups is 1. The highest BCUT2D eigenvalue weighted by molar-refractivity contribution is 9.11. The third-order valence-corrected chi connectivity index (χ3v) is 7.19. The van der Waals surface area contributed by atoms with Crippen LogP contribution < -0.4 is 4.74 Å². The molecule has 3 aliphatic rings. The molecule has 0 unspecified atom stereocenters. The van der Waals surface area contributed by atoms with Gasteiger partial charge in [0.2, 0.25) is 0 Å². The highest BCUT2D eigenvalue weighted by atomic mass is 79.9. The third-order valence-electron chi connectivity index (χ3n) is 6.02. The number of carbonyl (C=O) groups is 2. The summed E-state index contributed by atoms with van der Waals surface area (Å²) in [5.41, 5.74) is 1.82. The molecule has 2 bridgehead atoms. The second kappa shape index (κ2) is 7.78. The minimum atomic E-state index is -0.239. The van der Waals surface area contributed by atoms with Crippen molar-refractivity contribution < 1.29 is 14.3 Å². The maximum absolute atomic E-state index is 12.7. The SMILES string of the molecule is O=C1[C@@H]2[C@H](C(=O)N1/N=C\c1cc(Br)c(OCc3ccccc3)c(Br)c1)[C@H]1C=C[C@H]2C1. The Balaban J connectivity index is 1.31. The standard InChI is InChI=1S/C23H18Br2N2O3/c24-17-8-14(9-18(25)21(17)30-12-13-4-2-1-3-5-13)11-26-27-22(28)19-15-6-7-16(10-15)20(19)23(27)29/h1-9,11,15-16,19-20H,10,12H2/b26-11-/t15-,16-,19-,20+/m0/s1. The number of fused-ring (bicyclic) bond motifs is 5. The molecule has 0 aromatic heterocycles. The van der Waals surface area contributed by atoms with Gasteiger partial charge in [-0.3, -0.25) is 9.59 Å². The van der Waals surface area contributed by atoms with E-state index in [-0.39, 0.29) is 35.5 Å². The number of hydrogen-bond acceptors (Lipinski definition) is 4. The van der Waals surface area contributed by atoms with Crippen LogP contribution in [0.5, 0.6) is 5.75 Å². The van der Waals surface area contributed by atoms with Crippen molar-refractivity contribution >= 4 is 49.9 Å². The Bertz CT molecular complexity index is 1030. The second-order valence-corrected chi connectivity index (χ2v) is 9.53. The van der Waals surface area contributed by atoms with E-state index in [9.17, 15) is 9.59 Å². The van der Waals surface area contributed by atoms with Crippen LogP contribution in [-0.4, -0.2) is 23.0 Å². The zero-order valence-corrected chi connectivity index (χ0v) is 19.0. The van der Waals surface area contributed by atoms with Gasteiger partial charge in [-0.25, -0.2) is 0 Å². The Kier molecular flexibility index (Phi) is 5.11. The van der Waals surface area contributed by atoms with Crippen LogP contribution in [0.4, 0.5) is 0 Å². The number of nitrogens with zero attached hydrogens (tertiary/aromatic N) is 2. The summed E-state index contributed by atoms with van der Waals surface area (Å²) in [5, 5.41) is 5.30. The van der Waals surface area contributed by atoms with Crippen LogP contribution in [0.3, 0.4) is 0 Å². The molecule has 2 aromatic rings. The van der Waals surface area contributed by atoms with Crippen LogP contribution in [-0.2, 0) is 16.2 Å². The average Bonchev–Trinajstić information content (AvgIpc) is 3.41. The molecule has 30 heavy (non-hydrogen) atoms. The summed E-state index contributed by atoms with van der Waals surface area (Å²) in [4.78, 5) is 25.5. The average molecular weight is 530 g/mol. The molecule has 1 aliphatic heterocycles. The van der Waals surface area contributed by atoms with Gasteiger partial charge in [-0.2, -0.15) is 10.1 Å². The van der Waals surface area contributed by atoms with Gasteiger partial charge in [0, 0.05) is 0 Å². The second-order valence-electron chi connectivity index (χ2n) is 7.82. The van der Waals surface area contributed by atoms with Crippen molar-refractivity contribution in [2.75, 3.05) is 0 Å². The van der Waals surface area contributed by atoms with E-state index in [1.165, 1.54) is 0 Å². The van der Waals surface area contributed by atoms with Gasteiger partial charge in [-0.1, -0.05) is 42.5 Å². The predicted molar refractivity (Wildman–Crippen MR) is 120 cm³/mol. The molecule has 0 N–H and O–H groups in total. The zero-order chi connectivity index (χ0) is 20.8. The van der Waals surface area contributed by atoms with Crippen LogP contribution in [0.15, 0.2) is 68.7 Å². The van der Waals surface area contributed by atoms with Crippen LogP contribution in [0, 0.1) is 23.7 Å². The van der Waals surface area contributed by atoms with E-state index in [4.69, 9.17) is 4.74 Å². The number of hydrazone groups is 1. The van der Waals surface area contributed by atoms with Crippen LogP contribution in [0.1, 0.15) is 17.5 Å². The minimum absolute atomic E-state index is 0.181. The molecule has 5 rings (SSSR count). The fourth-order valence-electron chi connectivity index (χ4n) is 4.65. The predicted octanol–water partition coefficient (Wildman–Crippen LogP) is 4.93. The molecule has 152 valence electrons. The first-order valence-electron chi connectivity index (χ1n) is 9.79. The first kappa shape index (κ1) is 19.7. The molecule has 4 atom stereocenters. The lowest BCUT2D eigenvalue weighted by atomic mass is 9.85. The number of rotatable bonds is 5. The van der Waals surface area contributed by atoms with Crippen molar-refractivity contribution in [1.29, 1.82) is 0 Å². The summed E-state index contributed by atoms with van der Waals surface area (Å²) in [6, 6.07) is 13.6. The van der Waals surface area contributed by atoms with Gasteiger partial charge < -0.3 is 4.74 Å². The Morgan fingerprint density at radius 3 is 2.20 bits per heavy atom. The number of carbonyl (C=O) groups excluding carboxylic acids is 2. The third kappa shape index (κ3) is 3.34. The summed E-state index contributed by atoms with van der Waals surface area (Å²) >= 11 is 7.08. The van der Waals surface area contributed by atoms with Crippen molar-refractivity contribution in [1.82, 2.24) is 5.01 Å². The van der Waals surface area contributed by atoms with E-state index in [1.807, 2.05) is 42.5 Å². The number of ether oxygens (including phenoxy) is 1. The number of benzene rings is 2. The minimum Gasteiger partial charge on any atom is -0.487 e. The first-order chi connectivity index (χ1) is 14.5. The molecule has 1 saturated heterocycles. The van der Waals surface area contributed by atoms with E-state index in [2.05, 4.69) is 49.1 Å². The molecular weight excluding hydrogens is 512 g/mol. The molecule has 2 aliphatic carbocycles. The van der Waals surface area contributed by atoms with Crippen molar-refractivity contribution in [2.24, 2.45) is 28.8 Å². The van der Waals surface area contributed by atoms with E-state index in [0.717, 1.165) is 31.5 Å². The molecule has 2 amide bonds. The fraction of sp³-hybridized carbons (Fsp3) is 0.261. The Morgan fingerprint density at radius 2 is 1.60 bits per heavy atom. The monoisotopic (exact) mass is 528 g/mol. The Morgan fingerprint density at radius 1 is 1.00 bits per heavy atom. The lowest BCUT2D eigenvalue weighted by Crippen LogP contribution is -2.28. The van der Waals surface area contributed by atoms with E-state index in [0.29, 0.717) is 12.4 Å². The Labute approximate surface area is 191 Å². The van der Waals surface area contributed by atoms with Gasteiger partial charge in [0.1, 0.15) is 12.4 Å². The van der Waals surface area contributed by atoms with Gasteiger partial charge in [-0.05, 0) is 73.4 Å². The van der Waals surface area contributed by atoms with Gasteiger partial charge in [0.05, 0.1) is 27.0 Å². The molecule has 1 saturated carbocycles. The normalized spacial score (nSPS) is 26.8. The van der Waals surface area contributed by atoms with Gasteiger partial charge in [0.15, 0.2) is 0 Å². The van der Waals surface area contributed by atoms with Gasteiger partial charge in [0.25, 0.3) is 11.8 Å². The topological polar surface area (TPSA) is 59.0 Å².